The van der Waals surface area contributed by atoms with Gasteiger partial charge >= 0.3 is 17.9 Å². The highest BCUT2D eigenvalue weighted by Crippen LogP contribution is 2.31. The van der Waals surface area contributed by atoms with Crippen LogP contribution in [0.2, 0.25) is 0 Å². The average molecular weight is 466 g/mol. The first kappa shape index (κ1) is 22.5. The average Bonchev–Trinajstić information content (AvgIpc) is 3.35. The zero-order chi connectivity index (χ0) is 22.5. The van der Waals surface area contributed by atoms with Crippen molar-refractivity contribution in [2.75, 3.05) is 17.6 Å². The largest absolute Gasteiger partial charge is 0.481 e. The van der Waals surface area contributed by atoms with Crippen LogP contribution in [0.1, 0.15) is 17.8 Å². The van der Waals surface area contributed by atoms with Crippen molar-refractivity contribution in [2.24, 2.45) is 4.99 Å². The Morgan fingerprint density at radius 2 is 1.97 bits per heavy atom. The first-order chi connectivity index (χ1) is 14.7. The summed E-state index contributed by atoms with van der Waals surface area (Å²) < 4.78 is 0.812. The van der Waals surface area contributed by atoms with Crippen molar-refractivity contribution in [1.29, 1.82) is 0 Å². The second kappa shape index (κ2) is 9.75. The summed E-state index contributed by atoms with van der Waals surface area (Å²) in [4.78, 5) is 53.5. The molecule has 0 fully saturated rings. The van der Waals surface area contributed by atoms with E-state index in [9.17, 15) is 19.2 Å². The number of benzene rings is 1. The Balaban J connectivity index is 1.61. The third kappa shape index (κ3) is 5.92. The Hall–Kier alpha value is -3.19. The molecule has 31 heavy (non-hydrogen) atoms. The number of fused-ring (bicyclic) bond motifs is 1. The summed E-state index contributed by atoms with van der Waals surface area (Å²) in [6.07, 6.45) is -0.581. The minimum Gasteiger partial charge on any atom is -0.481 e. The number of rotatable bonds is 10. The van der Waals surface area contributed by atoms with Crippen LogP contribution in [0.5, 0.6) is 0 Å². The van der Waals surface area contributed by atoms with E-state index in [0.717, 1.165) is 4.70 Å². The summed E-state index contributed by atoms with van der Waals surface area (Å²) in [5.74, 6) is -3.63. The normalized spacial score (nSPS) is 16.5. The van der Waals surface area contributed by atoms with Gasteiger partial charge < -0.3 is 26.0 Å². The number of carboxylic acids is 3. The van der Waals surface area contributed by atoms with Crippen molar-refractivity contribution >= 4 is 67.9 Å². The molecule has 0 aliphatic carbocycles. The highest BCUT2D eigenvalue weighted by Gasteiger charge is 2.27. The van der Waals surface area contributed by atoms with Gasteiger partial charge in [-0.2, -0.15) is 0 Å². The summed E-state index contributed by atoms with van der Waals surface area (Å²) in [6.45, 7) is -0.198. The number of aromatic nitrogens is 1. The van der Waals surface area contributed by atoms with E-state index in [2.05, 4.69) is 20.6 Å². The number of hydrogen-bond donors (Lipinski definition) is 5. The van der Waals surface area contributed by atoms with Crippen molar-refractivity contribution in [3.63, 3.8) is 0 Å². The van der Waals surface area contributed by atoms with Gasteiger partial charge in [0.25, 0.3) is 0 Å². The molecule has 0 spiro atoms. The molecule has 5 N–H and O–H groups in total. The molecule has 2 aromatic rings. The van der Waals surface area contributed by atoms with Gasteiger partial charge in [-0.15, -0.1) is 23.1 Å². The fraction of sp³-hybridized carbons (Fsp3) is 0.333. The monoisotopic (exact) mass is 466 g/mol. The maximum Gasteiger partial charge on any atom is 0.329 e. The summed E-state index contributed by atoms with van der Waals surface area (Å²) >= 11 is 2.69. The molecule has 0 bridgehead atoms. The number of amides is 1. The number of thiazole rings is 1. The molecular formula is C18H18N4O7S2. The van der Waals surface area contributed by atoms with Crippen molar-refractivity contribution in [3.8, 4) is 0 Å². The number of carbonyl (C=O) groups is 4. The molecule has 1 amide bonds. The first-order valence-corrected chi connectivity index (χ1v) is 10.9. The standard InChI is InChI=1S/C18H18N4O7S2/c23-13(20-10(17(26)27)3-4-14(24)25)6-19-8-1-2-9-12(5-8)31-16(21-9)15-22-11(7-30-15)18(28)29/h1-2,5,10-11,19H,3-4,6-7H2,(H,20,23)(H,24,25)(H,26,27)(H,28,29)/t10?,11-/m1/s1. The molecule has 11 nitrogen and oxygen atoms in total. The van der Waals surface area contributed by atoms with Crippen molar-refractivity contribution in [3.05, 3.63) is 23.2 Å². The fourth-order valence-corrected chi connectivity index (χ4v) is 4.80. The number of aliphatic carboxylic acids is 3. The first-order valence-electron chi connectivity index (χ1n) is 9.05. The molecule has 13 heteroatoms. The van der Waals surface area contributed by atoms with Crippen LogP contribution in [0.15, 0.2) is 23.2 Å². The number of nitrogens with one attached hydrogen (secondary N) is 2. The SMILES string of the molecule is O=C(O)CCC(NC(=O)CNc1ccc2nc(C3=N[C@@H](C(=O)O)CS3)sc2c1)C(=O)O. The summed E-state index contributed by atoms with van der Waals surface area (Å²) in [5, 5.41) is 33.2. The van der Waals surface area contributed by atoms with Crippen LogP contribution >= 0.6 is 23.1 Å². The lowest BCUT2D eigenvalue weighted by Crippen LogP contribution is -2.43. The lowest BCUT2D eigenvalue weighted by molar-refractivity contribution is -0.143. The maximum atomic E-state index is 12.0. The number of carboxylic acid groups (broad SMARTS) is 3. The van der Waals surface area contributed by atoms with E-state index < -0.39 is 35.9 Å². The van der Waals surface area contributed by atoms with Gasteiger partial charge in [0, 0.05) is 17.9 Å². The maximum absolute atomic E-state index is 12.0. The van der Waals surface area contributed by atoms with Crippen molar-refractivity contribution < 1.29 is 34.5 Å². The Bertz CT molecular complexity index is 1070. The van der Waals surface area contributed by atoms with E-state index in [1.54, 1.807) is 18.2 Å². The van der Waals surface area contributed by atoms with Gasteiger partial charge in [-0.3, -0.25) is 14.6 Å². The topological polar surface area (TPSA) is 178 Å². The summed E-state index contributed by atoms with van der Waals surface area (Å²) in [6, 6.07) is 3.18. The number of thioether (sulfide) groups is 1. The van der Waals surface area contributed by atoms with E-state index in [0.29, 0.717) is 27.0 Å². The second-order valence-corrected chi connectivity index (χ2v) is 8.58. The van der Waals surface area contributed by atoms with Crippen molar-refractivity contribution in [2.45, 2.75) is 24.9 Å². The van der Waals surface area contributed by atoms with Gasteiger partial charge in [0.1, 0.15) is 16.1 Å². The fourth-order valence-electron chi connectivity index (χ4n) is 2.70. The number of anilines is 1. The molecule has 0 saturated carbocycles. The van der Waals surface area contributed by atoms with Crippen LogP contribution in [0.25, 0.3) is 10.2 Å². The van der Waals surface area contributed by atoms with Gasteiger partial charge in [-0.05, 0) is 24.6 Å². The van der Waals surface area contributed by atoms with E-state index in [1.165, 1.54) is 23.1 Å². The predicted octanol–water partition coefficient (Wildman–Crippen LogP) is 1.09. The molecule has 1 aromatic heterocycles. The predicted molar refractivity (Wildman–Crippen MR) is 115 cm³/mol. The van der Waals surface area contributed by atoms with Gasteiger partial charge in [0.05, 0.1) is 16.8 Å². The number of hydrogen-bond acceptors (Lipinski definition) is 9. The van der Waals surface area contributed by atoms with Crippen LogP contribution in [0, 0.1) is 0 Å². The van der Waals surface area contributed by atoms with Gasteiger partial charge in [-0.25, -0.2) is 14.6 Å². The lowest BCUT2D eigenvalue weighted by Gasteiger charge is -2.14. The lowest BCUT2D eigenvalue weighted by atomic mass is 10.1. The minimum absolute atomic E-state index is 0.198. The Morgan fingerprint density at radius 1 is 1.19 bits per heavy atom. The Kier molecular flexibility index (Phi) is 7.07. The smallest absolute Gasteiger partial charge is 0.329 e. The van der Waals surface area contributed by atoms with Crippen LogP contribution in [0.4, 0.5) is 5.69 Å². The highest BCUT2D eigenvalue weighted by atomic mass is 32.2. The number of aliphatic imine (C=N–C) groups is 1. The Morgan fingerprint density at radius 3 is 2.61 bits per heavy atom. The highest BCUT2D eigenvalue weighted by molar-refractivity contribution is 8.15. The van der Waals surface area contributed by atoms with Gasteiger partial charge in [0.2, 0.25) is 5.91 Å². The Labute approximate surface area is 183 Å². The molecule has 164 valence electrons. The third-order valence-corrected chi connectivity index (χ3v) is 6.45. The van der Waals surface area contributed by atoms with Crippen LogP contribution in [0.3, 0.4) is 0 Å². The van der Waals surface area contributed by atoms with Crippen LogP contribution in [-0.4, -0.2) is 73.5 Å². The van der Waals surface area contributed by atoms with E-state index in [-0.39, 0.29) is 19.4 Å². The van der Waals surface area contributed by atoms with E-state index in [1.807, 2.05) is 0 Å². The van der Waals surface area contributed by atoms with Crippen LogP contribution < -0.4 is 10.6 Å². The zero-order valence-corrected chi connectivity index (χ0v) is 17.5. The molecule has 0 radical (unpaired) electrons. The van der Waals surface area contributed by atoms with Crippen molar-refractivity contribution in [1.82, 2.24) is 10.3 Å². The molecule has 1 aliphatic heterocycles. The van der Waals surface area contributed by atoms with E-state index in [4.69, 9.17) is 15.3 Å². The molecule has 1 aliphatic rings. The number of carbonyl (C=O) groups excluding carboxylic acids is 1. The van der Waals surface area contributed by atoms with E-state index >= 15 is 0 Å². The second-order valence-electron chi connectivity index (χ2n) is 6.55. The molecule has 1 aromatic carbocycles. The molecule has 3 rings (SSSR count). The molecule has 0 saturated heterocycles. The van der Waals surface area contributed by atoms with Crippen LogP contribution in [-0.2, 0) is 19.2 Å². The zero-order valence-electron chi connectivity index (χ0n) is 15.9. The molecule has 2 heterocycles. The third-order valence-electron chi connectivity index (χ3n) is 4.24. The minimum atomic E-state index is -1.30. The van der Waals surface area contributed by atoms with Gasteiger partial charge in [0.15, 0.2) is 6.04 Å². The quantitative estimate of drug-likeness (QED) is 0.340. The molecule has 2 atom stereocenters. The summed E-state index contributed by atoms with van der Waals surface area (Å²) in [7, 11) is 0. The number of nitrogens with zero attached hydrogens (tertiary/aromatic N) is 2. The molecular weight excluding hydrogens is 448 g/mol. The molecule has 1 unspecified atom stereocenters. The van der Waals surface area contributed by atoms with Gasteiger partial charge in [-0.1, -0.05) is 0 Å². The summed E-state index contributed by atoms with van der Waals surface area (Å²) in [5.41, 5.74) is 1.32.